The van der Waals surface area contributed by atoms with Crippen molar-refractivity contribution in [2.24, 2.45) is 12.8 Å². The molecule has 4 heterocycles. The highest BCUT2D eigenvalue weighted by Gasteiger charge is 2.42. The van der Waals surface area contributed by atoms with Crippen molar-refractivity contribution in [1.82, 2.24) is 14.8 Å². The molecule has 9 nitrogen and oxygen atoms in total. The molecule has 2 fully saturated rings. The maximum atomic E-state index is 15.0. The Balaban J connectivity index is 1.35. The van der Waals surface area contributed by atoms with Crippen LogP contribution in [0.2, 0.25) is 0 Å². The molecule has 200 valence electrons. The normalized spacial score (nSPS) is 24.4. The fourth-order valence-corrected chi connectivity index (χ4v) is 5.46. The minimum atomic E-state index is -1.30. The van der Waals surface area contributed by atoms with Crippen molar-refractivity contribution < 1.29 is 32.5 Å². The zero-order valence-electron chi connectivity index (χ0n) is 20.3. The van der Waals surface area contributed by atoms with Crippen LogP contribution >= 0.6 is 11.3 Å². The zero-order valence-corrected chi connectivity index (χ0v) is 21.1. The number of ether oxygens (including phenoxy) is 3. The van der Waals surface area contributed by atoms with E-state index in [-0.39, 0.29) is 36.1 Å². The first-order valence-corrected chi connectivity index (χ1v) is 12.7. The smallest absolute Gasteiger partial charge is 0.169 e. The molecule has 4 atom stereocenters. The fraction of sp³-hybridized carbons (Fsp3) is 0.500. The molecule has 0 bridgehead atoms. The van der Waals surface area contributed by atoms with Crippen LogP contribution in [0.4, 0.5) is 18.9 Å². The van der Waals surface area contributed by atoms with Gasteiger partial charge in [0, 0.05) is 25.6 Å². The van der Waals surface area contributed by atoms with Crippen LogP contribution < -0.4 is 11.1 Å². The molecule has 1 aromatic carbocycles. The molecule has 4 N–H and O–H groups in total. The number of alkyl halides is 1. The lowest BCUT2D eigenvalue weighted by molar-refractivity contribution is -0.202. The Labute approximate surface area is 215 Å². The van der Waals surface area contributed by atoms with Gasteiger partial charge in [0.1, 0.15) is 40.2 Å². The van der Waals surface area contributed by atoms with Crippen molar-refractivity contribution in [3.63, 3.8) is 0 Å². The summed E-state index contributed by atoms with van der Waals surface area (Å²) in [7, 11) is 3.18. The van der Waals surface area contributed by atoms with E-state index < -0.39 is 41.8 Å². The van der Waals surface area contributed by atoms with Gasteiger partial charge in [-0.3, -0.25) is 4.68 Å². The van der Waals surface area contributed by atoms with E-state index in [1.54, 1.807) is 11.7 Å². The molecule has 0 aliphatic carbocycles. The largest absolute Gasteiger partial charge is 0.375 e. The van der Waals surface area contributed by atoms with Crippen molar-refractivity contribution in [1.29, 1.82) is 0 Å². The molecule has 0 spiro atoms. The minimum absolute atomic E-state index is 0.0789. The second kappa shape index (κ2) is 10.3. The molecular formula is C24H28F3N5O4S. The number of benzene rings is 1. The highest BCUT2D eigenvalue weighted by Crippen LogP contribution is 2.38. The molecule has 1 unspecified atom stereocenters. The number of nitrogens with zero attached hydrogens (tertiary/aromatic N) is 3. The highest BCUT2D eigenvalue weighted by molar-refractivity contribution is 7.13. The van der Waals surface area contributed by atoms with Crippen molar-refractivity contribution in [3.8, 4) is 10.6 Å². The number of nitrogens with two attached hydrogens (primary N) is 1. The first kappa shape index (κ1) is 26.1. The number of nitrogens with one attached hydrogen (secondary N) is 1. The number of hydrogen-bond acceptors (Lipinski definition) is 9. The number of methoxy groups -OCH3 is 1. The van der Waals surface area contributed by atoms with Crippen LogP contribution in [0.15, 0.2) is 23.7 Å². The van der Waals surface area contributed by atoms with E-state index in [0.29, 0.717) is 29.8 Å². The number of aryl methyl sites for hydroxylation is 1. The number of hydrogen-bond donors (Lipinski definition) is 3. The molecule has 13 heteroatoms. The van der Waals surface area contributed by atoms with Gasteiger partial charge in [-0.1, -0.05) is 0 Å². The number of thiazole rings is 1. The molecule has 0 saturated carbocycles. The summed E-state index contributed by atoms with van der Waals surface area (Å²) < 4.78 is 62.0. The van der Waals surface area contributed by atoms with Gasteiger partial charge in [-0.05, 0) is 30.5 Å². The van der Waals surface area contributed by atoms with Gasteiger partial charge in [0.05, 0.1) is 43.0 Å². The van der Waals surface area contributed by atoms with Crippen molar-refractivity contribution >= 4 is 17.0 Å². The Kier molecular flexibility index (Phi) is 7.27. The molecule has 2 aliphatic rings. The maximum Gasteiger partial charge on any atom is 0.169 e. The highest BCUT2D eigenvalue weighted by atomic mass is 32.1. The maximum absolute atomic E-state index is 15.0. The van der Waals surface area contributed by atoms with Gasteiger partial charge in [0.2, 0.25) is 0 Å². The lowest BCUT2D eigenvalue weighted by atomic mass is 9.90. The van der Waals surface area contributed by atoms with E-state index in [2.05, 4.69) is 15.4 Å². The fourth-order valence-electron chi connectivity index (χ4n) is 4.57. The number of rotatable bonds is 7. The number of halogens is 3. The third kappa shape index (κ3) is 4.87. The molecule has 2 aliphatic heterocycles. The molecule has 0 amide bonds. The Hall–Kier alpha value is -2.55. The summed E-state index contributed by atoms with van der Waals surface area (Å²) in [5.74, 6) is -1.57. The summed E-state index contributed by atoms with van der Waals surface area (Å²) in [5, 5.41) is 19.6. The van der Waals surface area contributed by atoms with E-state index in [0.717, 1.165) is 11.3 Å². The van der Waals surface area contributed by atoms with E-state index in [9.17, 15) is 9.50 Å². The van der Waals surface area contributed by atoms with Crippen molar-refractivity contribution in [2.45, 2.75) is 43.0 Å². The van der Waals surface area contributed by atoms with Gasteiger partial charge >= 0.3 is 0 Å². The monoisotopic (exact) mass is 539 g/mol. The van der Waals surface area contributed by atoms with Crippen molar-refractivity contribution in [3.05, 3.63) is 52.3 Å². The average Bonchev–Trinajstić information content (AvgIpc) is 3.41. The van der Waals surface area contributed by atoms with Gasteiger partial charge in [-0.25, -0.2) is 18.2 Å². The van der Waals surface area contributed by atoms with Gasteiger partial charge in [-0.2, -0.15) is 5.10 Å². The Bertz CT molecular complexity index is 1230. The summed E-state index contributed by atoms with van der Waals surface area (Å²) in [4.78, 5) is 4.27. The van der Waals surface area contributed by atoms with Crippen LogP contribution in [-0.4, -0.2) is 59.0 Å². The van der Waals surface area contributed by atoms with Crippen LogP contribution in [0.1, 0.15) is 42.1 Å². The van der Waals surface area contributed by atoms with Gasteiger partial charge < -0.3 is 30.4 Å². The first-order chi connectivity index (χ1) is 17.7. The topological polar surface area (TPSA) is 117 Å². The van der Waals surface area contributed by atoms with E-state index in [4.69, 9.17) is 19.9 Å². The first-order valence-electron chi connectivity index (χ1n) is 11.8. The third-order valence-electron chi connectivity index (χ3n) is 6.91. The van der Waals surface area contributed by atoms with Crippen LogP contribution in [0.25, 0.3) is 10.6 Å². The average molecular weight is 540 g/mol. The lowest BCUT2D eigenvalue weighted by Gasteiger charge is -2.40. The summed E-state index contributed by atoms with van der Waals surface area (Å²) in [5.41, 5.74) is 6.29. The lowest BCUT2D eigenvalue weighted by Crippen LogP contribution is -2.48. The number of aliphatic hydroxyl groups excluding tert-OH is 1. The predicted molar refractivity (Wildman–Crippen MR) is 130 cm³/mol. The Morgan fingerprint density at radius 2 is 2.03 bits per heavy atom. The van der Waals surface area contributed by atoms with E-state index in [1.807, 2.05) is 0 Å². The predicted octanol–water partition coefficient (Wildman–Crippen LogP) is 3.31. The second-order valence-electron chi connectivity index (χ2n) is 9.28. The van der Waals surface area contributed by atoms with E-state index >= 15 is 8.78 Å². The molecule has 2 aromatic heterocycles. The van der Waals surface area contributed by atoms with Crippen LogP contribution in [0, 0.1) is 11.6 Å². The third-order valence-corrected chi connectivity index (χ3v) is 7.79. The minimum Gasteiger partial charge on any atom is -0.375 e. The summed E-state index contributed by atoms with van der Waals surface area (Å²) >= 11 is 1.00. The number of anilines is 1. The zero-order chi connectivity index (χ0) is 26.3. The summed E-state index contributed by atoms with van der Waals surface area (Å²) in [6.45, 7) is 0.289. The van der Waals surface area contributed by atoms with Crippen LogP contribution in [0.5, 0.6) is 0 Å². The SMILES string of the molecule is COC1(c2cc(F)c(-c3nc(C(O)Nc4cnn(C)c4[C@@H]4CC[C@@H](N)[C@H](F)CO4)cs3)c(F)c2)COC1. The van der Waals surface area contributed by atoms with Crippen molar-refractivity contribution in [2.75, 3.05) is 32.2 Å². The Morgan fingerprint density at radius 1 is 1.30 bits per heavy atom. The van der Waals surface area contributed by atoms with Crippen LogP contribution in [-0.2, 0) is 26.9 Å². The number of aliphatic hydroxyl groups is 1. The summed E-state index contributed by atoms with van der Waals surface area (Å²) in [6.07, 6.45) is -0.602. The Morgan fingerprint density at radius 3 is 2.68 bits per heavy atom. The van der Waals surface area contributed by atoms with E-state index in [1.165, 1.54) is 30.8 Å². The number of aromatic nitrogens is 3. The molecule has 0 radical (unpaired) electrons. The van der Waals surface area contributed by atoms with Gasteiger partial charge in [0.25, 0.3) is 0 Å². The van der Waals surface area contributed by atoms with Crippen LogP contribution in [0.3, 0.4) is 0 Å². The van der Waals surface area contributed by atoms with Gasteiger partial charge in [-0.15, -0.1) is 11.3 Å². The molecule has 37 heavy (non-hydrogen) atoms. The standard InChI is InChI=1S/C24H28F3N5O4S/c1-32-21(19-4-3-16(28)15(27)8-36-19)17(7-29-32)30-22(33)18-9-37-23(31-18)20-13(25)5-12(6-14(20)26)24(34-2)10-35-11-24/h5-7,9,15-16,19,22,30,33H,3-4,8,10-11,28H2,1-2H3/t15-,16-,19+,22?/m1/s1. The molecule has 2 saturated heterocycles. The molecular weight excluding hydrogens is 511 g/mol. The molecule has 3 aromatic rings. The quantitative estimate of drug-likeness (QED) is 0.392. The second-order valence-corrected chi connectivity index (χ2v) is 10.1. The summed E-state index contributed by atoms with van der Waals surface area (Å²) in [6, 6.07) is 1.84. The molecule has 5 rings (SSSR count). The van der Waals surface area contributed by atoms with Gasteiger partial charge in [0.15, 0.2) is 6.23 Å².